The van der Waals surface area contributed by atoms with Crippen molar-refractivity contribution in [1.82, 2.24) is 5.32 Å². The van der Waals surface area contributed by atoms with E-state index in [-0.39, 0.29) is 18.2 Å². The smallest absolute Gasteiger partial charge is 0.407 e. The summed E-state index contributed by atoms with van der Waals surface area (Å²) in [6, 6.07) is 7.26. The minimum Gasteiger partial charge on any atom is -0.488 e. The Kier molecular flexibility index (Phi) is 6.45. The number of amides is 1. The van der Waals surface area contributed by atoms with Crippen molar-refractivity contribution >= 4 is 6.09 Å². The van der Waals surface area contributed by atoms with E-state index in [1.165, 1.54) is 0 Å². The first-order valence-electron chi connectivity index (χ1n) is 7.87. The van der Waals surface area contributed by atoms with Gasteiger partial charge in [-0.15, -0.1) is 0 Å². The van der Waals surface area contributed by atoms with Crippen molar-refractivity contribution in [2.24, 2.45) is 0 Å². The fourth-order valence-corrected chi connectivity index (χ4v) is 1.97. The Morgan fingerprint density at radius 3 is 2.09 bits per heavy atom. The zero-order valence-electron chi connectivity index (χ0n) is 15.0. The Balaban J connectivity index is 2.60. The maximum Gasteiger partial charge on any atom is 0.407 e. The second kappa shape index (κ2) is 7.68. The molecule has 1 atom stereocenters. The summed E-state index contributed by atoms with van der Waals surface area (Å²) >= 11 is 0. The van der Waals surface area contributed by atoms with Crippen molar-refractivity contribution < 1.29 is 19.4 Å². The number of carbonyl (C=O) groups is 1. The Hall–Kier alpha value is -1.75. The van der Waals surface area contributed by atoms with Crippen molar-refractivity contribution in [3.8, 4) is 5.75 Å². The highest BCUT2D eigenvalue weighted by Gasteiger charge is 2.19. The Morgan fingerprint density at radius 2 is 1.65 bits per heavy atom. The number of aliphatic hydroxyl groups is 1. The van der Waals surface area contributed by atoms with Crippen LogP contribution in [0.15, 0.2) is 24.3 Å². The molecule has 0 aliphatic rings. The van der Waals surface area contributed by atoms with Crippen LogP contribution in [0.4, 0.5) is 4.79 Å². The van der Waals surface area contributed by atoms with Crippen LogP contribution < -0.4 is 10.1 Å². The summed E-state index contributed by atoms with van der Waals surface area (Å²) in [6.45, 7) is 11.2. The van der Waals surface area contributed by atoms with Crippen LogP contribution in [0.2, 0.25) is 0 Å². The molecule has 0 saturated carbocycles. The molecule has 2 N–H and O–H groups in total. The van der Waals surface area contributed by atoms with Crippen LogP contribution in [-0.2, 0) is 11.2 Å². The molecule has 0 radical (unpaired) electrons. The molecule has 0 spiro atoms. The molecule has 0 aromatic heterocycles. The number of nitrogens with one attached hydrogen (secondary N) is 1. The molecular formula is C18H29NO4. The van der Waals surface area contributed by atoms with Gasteiger partial charge in [0.15, 0.2) is 0 Å². The third kappa shape index (κ3) is 8.45. The first-order valence-corrected chi connectivity index (χ1v) is 7.87. The number of ether oxygens (including phenoxy) is 2. The molecule has 23 heavy (non-hydrogen) atoms. The van der Waals surface area contributed by atoms with E-state index >= 15 is 0 Å². The van der Waals surface area contributed by atoms with Gasteiger partial charge in [-0.2, -0.15) is 0 Å². The molecule has 1 aromatic rings. The van der Waals surface area contributed by atoms with Crippen molar-refractivity contribution in [3.05, 3.63) is 29.8 Å². The SMILES string of the molecule is CC(C)(C)OC(=O)N[C@H](CO)Cc1ccc(OC(C)(C)C)cc1. The quantitative estimate of drug-likeness (QED) is 0.872. The van der Waals surface area contributed by atoms with E-state index in [1.807, 2.05) is 45.0 Å². The molecule has 0 fully saturated rings. The fourth-order valence-electron chi connectivity index (χ4n) is 1.97. The second-order valence-electron chi connectivity index (χ2n) is 7.59. The van der Waals surface area contributed by atoms with Gasteiger partial charge >= 0.3 is 6.09 Å². The van der Waals surface area contributed by atoms with Crippen molar-refractivity contribution in [3.63, 3.8) is 0 Å². The number of aliphatic hydroxyl groups excluding tert-OH is 1. The van der Waals surface area contributed by atoms with E-state index in [4.69, 9.17) is 9.47 Å². The first-order chi connectivity index (χ1) is 10.5. The maximum absolute atomic E-state index is 11.8. The first kappa shape index (κ1) is 19.3. The number of hydrogen-bond donors (Lipinski definition) is 2. The maximum atomic E-state index is 11.8. The summed E-state index contributed by atoms with van der Waals surface area (Å²) in [5.74, 6) is 0.793. The Bertz CT molecular complexity index is 497. The predicted molar refractivity (Wildman–Crippen MR) is 90.8 cm³/mol. The zero-order chi connectivity index (χ0) is 17.7. The van der Waals surface area contributed by atoms with Gasteiger partial charge in [-0.1, -0.05) is 12.1 Å². The van der Waals surface area contributed by atoms with Gasteiger partial charge in [-0.05, 0) is 65.7 Å². The highest BCUT2D eigenvalue weighted by atomic mass is 16.6. The van der Waals surface area contributed by atoms with Crippen LogP contribution in [0.25, 0.3) is 0 Å². The third-order valence-corrected chi connectivity index (χ3v) is 2.77. The van der Waals surface area contributed by atoms with Crippen LogP contribution in [0, 0.1) is 0 Å². The van der Waals surface area contributed by atoms with Gasteiger partial charge in [0.2, 0.25) is 0 Å². The summed E-state index contributed by atoms with van der Waals surface area (Å²) in [5, 5.41) is 12.1. The van der Waals surface area contributed by atoms with Crippen molar-refractivity contribution in [1.29, 1.82) is 0 Å². The highest BCUT2D eigenvalue weighted by Crippen LogP contribution is 2.19. The molecule has 0 heterocycles. The fraction of sp³-hybridized carbons (Fsp3) is 0.611. The summed E-state index contributed by atoms with van der Waals surface area (Å²) in [7, 11) is 0. The van der Waals surface area contributed by atoms with Crippen molar-refractivity contribution in [2.45, 2.75) is 65.2 Å². The molecule has 0 bridgehead atoms. The van der Waals surface area contributed by atoms with E-state index < -0.39 is 11.7 Å². The van der Waals surface area contributed by atoms with Gasteiger partial charge in [0.1, 0.15) is 17.0 Å². The number of carbonyl (C=O) groups excluding carboxylic acids is 1. The Morgan fingerprint density at radius 1 is 1.09 bits per heavy atom. The predicted octanol–water partition coefficient (Wildman–Crippen LogP) is 3.29. The van der Waals surface area contributed by atoms with E-state index in [9.17, 15) is 9.90 Å². The topological polar surface area (TPSA) is 67.8 Å². The van der Waals surface area contributed by atoms with Crippen molar-refractivity contribution in [2.75, 3.05) is 6.61 Å². The van der Waals surface area contributed by atoms with E-state index in [1.54, 1.807) is 20.8 Å². The minimum atomic E-state index is -0.559. The van der Waals surface area contributed by atoms with Gasteiger partial charge < -0.3 is 19.9 Å². The minimum absolute atomic E-state index is 0.153. The lowest BCUT2D eigenvalue weighted by Gasteiger charge is -2.23. The monoisotopic (exact) mass is 323 g/mol. The van der Waals surface area contributed by atoms with E-state index in [2.05, 4.69) is 5.32 Å². The van der Waals surface area contributed by atoms with Crippen LogP contribution in [-0.4, -0.2) is 35.1 Å². The Labute approximate surface area is 139 Å². The number of alkyl carbamates (subject to hydrolysis) is 1. The van der Waals surface area contributed by atoms with Gasteiger partial charge in [0.25, 0.3) is 0 Å². The molecule has 5 heteroatoms. The summed E-state index contributed by atoms with van der Waals surface area (Å²) in [4.78, 5) is 11.8. The molecule has 5 nitrogen and oxygen atoms in total. The van der Waals surface area contributed by atoms with Crippen LogP contribution in [0.5, 0.6) is 5.75 Å². The molecule has 0 aliphatic heterocycles. The average molecular weight is 323 g/mol. The van der Waals surface area contributed by atoms with Gasteiger partial charge in [0, 0.05) is 0 Å². The lowest BCUT2D eigenvalue weighted by molar-refractivity contribution is 0.0482. The molecular weight excluding hydrogens is 294 g/mol. The molecule has 1 rings (SSSR count). The van der Waals surface area contributed by atoms with E-state index in [0.29, 0.717) is 6.42 Å². The average Bonchev–Trinajstić information content (AvgIpc) is 2.36. The molecule has 0 unspecified atom stereocenters. The second-order valence-corrected chi connectivity index (χ2v) is 7.59. The molecule has 0 saturated heterocycles. The summed E-state index contributed by atoms with van der Waals surface area (Å²) < 4.78 is 11.0. The van der Waals surface area contributed by atoms with E-state index in [0.717, 1.165) is 11.3 Å². The molecule has 1 aromatic carbocycles. The van der Waals surface area contributed by atoms with Crippen LogP contribution >= 0.6 is 0 Å². The lowest BCUT2D eigenvalue weighted by atomic mass is 10.1. The normalized spacial score (nSPS) is 13.3. The molecule has 1 amide bonds. The molecule has 0 aliphatic carbocycles. The number of hydrogen-bond acceptors (Lipinski definition) is 4. The largest absolute Gasteiger partial charge is 0.488 e. The zero-order valence-corrected chi connectivity index (χ0v) is 15.0. The molecule has 130 valence electrons. The van der Waals surface area contributed by atoms with Crippen LogP contribution in [0.3, 0.4) is 0 Å². The summed E-state index contributed by atoms with van der Waals surface area (Å²) in [6.07, 6.45) is -0.00447. The number of rotatable bonds is 5. The van der Waals surface area contributed by atoms with Gasteiger partial charge in [-0.3, -0.25) is 0 Å². The number of benzene rings is 1. The van der Waals surface area contributed by atoms with Gasteiger partial charge in [0.05, 0.1) is 12.6 Å². The highest BCUT2D eigenvalue weighted by molar-refractivity contribution is 5.68. The lowest BCUT2D eigenvalue weighted by Crippen LogP contribution is -2.42. The third-order valence-electron chi connectivity index (χ3n) is 2.77. The summed E-state index contributed by atoms with van der Waals surface area (Å²) in [5.41, 5.74) is 0.199. The standard InChI is InChI=1S/C18H29NO4/c1-17(2,3)22-15-9-7-13(8-10-15)11-14(12-20)19-16(21)23-18(4,5)6/h7-10,14,20H,11-12H2,1-6H3,(H,19,21)/t14-/m0/s1. The van der Waals surface area contributed by atoms with Crippen LogP contribution in [0.1, 0.15) is 47.1 Å². The van der Waals surface area contributed by atoms with Gasteiger partial charge in [-0.25, -0.2) is 4.79 Å².